The highest BCUT2D eigenvalue weighted by Crippen LogP contribution is 2.25. The predicted octanol–water partition coefficient (Wildman–Crippen LogP) is 2.64. The Hall–Kier alpha value is -1.38. The van der Waals surface area contributed by atoms with Crippen LogP contribution in [0.1, 0.15) is 0 Å². The second-order valence-electron chi connectivity index (χ2n) is 3.37. The molecule has 1 amide bonds. The lowest BCUT2D eigenvalue weighted by Gasteiger charge is -2.06. The number of halogens is 2. The summed E-state index contributed by atoms with van der Waals surface area (Å²) in [4.78, 5) is 11.7. The fraction of sp³-hybridized carbons (Fsp3) is 0.100. The highest BCUT2D eigenvalue weighted by Gasteiger charge is 2.09. The van der Waals surface area contributed by atoms with Crippen LogP contribution >= 0.6 is 34.7 Å². The fourth-order valence-corrected chi connectivity index (χ4v) is 2.83. The number of benzene rings is 1. The number of aromatic nitrogens is 2. The van der Waals surface area contributed by atoms with E-state index in [1.165, 1.54) is 35.2 Å². The van der Waals surface area contributed by atoms with Crippen molar-refractivity contribution in [3.63, 3.8) is 0 Å². The van der Waals surface area contributed by atoms with Crippen LogP contribution in [-0.4, -0.2) is 21.9 Å². The molecule has 5 nitrogen and oxygen atoms in total. The van der Waals surface area contributed by atoms with E-state index in [4.69, 9.17) is 17.3 Å². The van der Waals surface area contributed by atoms with Gasteiger partial charge in [0.1, 0.15) is 5.82 Å². The van der Waals surface area contributed by atoms with Crippen molar-refractivity contribution in [2.24, 2.45) is 0 Å². The first kappa shape index (κ1) is 14.0. The number of amides is 1. The molecule has 1 aromatic carbocycles. The molecule has 0 radical (unpaired) electrons. The first-order chi connectivity index (χ1) is 9.04. The number of nitrogens with one attached hydrogen (secondary N) is 1. The number of hydrogen-bond acceptors (Lipinski definition) is 6. The third kappa shape index (κ3) is 4.05. The van der Waals surface area contributed by atoms with Crippen molar-refractivity contribution in [3.8, 4) is 0 Å². The Morgan fingerprint density at radius 1 is 1.53 bits per heavy atom. The summed E-state index contributed by atoms with van der Waals surface area (Å²) in [7, 11) is 0. The van der Waals surface area contributed by atoms with Crippen LogP contribution < -0.4 is 11.1 Å². The van der Waals surface area contributed by atoms with Crippen LogP contribution in [0.2, 0.25) is 5.02 Å². The second kappa shape index (κ2) is 6.18. The fourth-order valence-electron chi connectivity index (χ4n) is 1.18. The maximum absolute atomic E-state index is 12.8. The number of rotatable bonds is 4. The molecule has 9 heteroatoms. The van der Waals surface area contributed by atoms with Gasteiger partial charge >= 0.3 is 0 Å². The van der Waals surface area contributed by atoms with Gasteiger partial charge in [0.2, 0.25) is 11.0 Å². The molecule has 2 rings (SSSR count). The van der Waals surface area contributed by atoms with Crippen molar-refractivity contribution in [2.45, 2.75) is 4.34 Å². The number of thioether (sulfide) groups is 1. The van der Waals surface area contributed by atoms with Crippen LogP contribution in [0.3, 0.4) is 0 Å². The zero-order valence-corrected chi connectivity index (χ0v) is 11.8. The first-order valence-corrected chi connectivity index (χ1v) is 7.19. The summed E-state index contributed by atoms with van der Waals surface area (Å²) in [6.07, 6.45) is 0. The van der Waals surface area contributed by atoms with E-state index < -0.39 is 5.82 Å². The van der Waals surface area contributed by atoms with Gasteiger partial charge in [0.05, 0.1) is 16.5 Å². The highest BCUT2D eigenvalue weighted by atomic mass is 35.5. The van der Waals surface area contributed by atoms with Gasteiger partial charge in [-0.1, -0.05) is 34.7 Å². The lowest BCUT2D eigenvalue weighted by Crippen LogP contribution is -2.14. The van der Waals surface area contributed by atoms with Gasteiger partial charge in [-0.2, -0.15) is 0 Å². The van der Waals surface area contributed by atoms with Gasteiger partial charge < -0.3 is 11.1 Å². The quantitative estimate of drug-likeness (QED) is 0.847. The molecule has 19 heavy (non-hydrogen) atoms. The SMILES string of the molecule is Nc1nnc(SCC(=O)Nc2ccc(F)cc2Cl)s1. The third-order valence-electron chi connectivity index (χ3n) is 1.95. The molecule has 0 aliphatic carbocycles. The van der Waals surface area contributed by atoms with Crippen LogP contribution in [0.25, 0.3) is 0 Å². The first-order valence-electron chi connectivity index (χ1n) is 5.01. The summed E-state index contributed by atoms with van der Waals surface area (Å²) in [5.74, 6) is -0.587. The molecule has 0 aliphatic heterocycles. The van der Waals surface area contributed by atoms with Crippen molar-refractivity contribution in [2.75, 3.05) is 16.8 Å². The van der Waals surface area contributed by atoms with E-state index in [1.54, 1.807) is 0 Å². The number of anilines is 2. The average molecular weight is 319 g/mol. The number of nitrogens with two attached hydrogens (primary N) is 1. The van der Waals surface area contributed by atoms with Crippen LogP contribution in [0.5, 0.6) is 0 Å². The van der Waals surface area contributed by atoms with Crippen LogP contribution in [-0.2, 0) is 4.79 Å². The van der Waals surface area contributed by atoms with Crippen LogP contribution in [0.15, 0.2) is 22.5 Å². The Morgan fingerprint density at radius 3 is 2.95 bits per heavy atom. The monoisotopic (exact) mass is 318 g/mol. The highest BCUT2D eigenvalue weighted by molar-refractivity contribution is 8.01. The van der Waals surface area contributed by atoms with Gasteiger partial charge in [-0.15, -0.1) is 10.2 Å². The van der Waals surface area contributed by atoms with E-state index in [1.807, 2.05) is 0 Å². The van der Waals surface area contributed by atoms with E-state index in [0.29, 0.717) is 15.2 Å². The van der Waals surface area contributed by atoms with Gasteiger partial charge in [0.15, 0.2) is 4.34 Å². The largest absolute Gasteiger partial charge is 0.374 e. The Bertz CT molecular complexity index is 607. The maximum Gasteiger partial charge on any atom is 0.234 e. The third-order valence-corrected chi connectivity index (χ3v) is 4.15. The molecule has 1 heterocycles. The molecule has 2 aromatic rings. The molecule has 0 bridgehead atoms. The molecular weight excluding hydrogens is 311 g/mol. The second-order valence-corrected chi connectivity index (χ2v) is 6.01. The van der Waals surface area contributed by atoms with Crippen LogP contribution in [0.4, 0.5) is 15.2 Å². The molecule has 0 aliphatic rings. The van der Waals surface area contributed by atoms with Gasteiger partial charge in [-0.3, -0.25) is 4.79 Å². The summed E-state index contributed by atoms with van der Waals surface area (Å²) in [5.41, 5.74) is 5.79. The van der Waals surface area contributed by atoms with Crippen molar-refractivity contribution in [1.29, 1.82) is 0 Å². The minimum atomic E-state index is -0.457. The van der Waals surface area contributed by atoms with Gasteiger partial charge in [0, 0.05) is 0 Å². The van der Waals surface area contributed by atoms with Crippen molar-refractivity contribution < 1.29 is 9.18 Å². The number of hydrogen-bond donors (Lipinski definition) is 2. The zero-order valence-electron chi connectivity index (χ0n) is 9.39. The van der Waals surface area contributed by atoms with Crippen molar-refractivity contribution >= 4 is 51.4 Å². The van der Waals surface area contributed by atoms with E-state index >= 15 is 0 Å². The number of carbonyl (C=O) groups excluding carboxylic acids is 1. The minimum Gasteiger partial charge on any atom is -0.374 e. The van der Waals surface area contributed by atoms with E-state index in [0.717, 1.165) is 6.07 Å². The normalized spacial score (nSPS) is 10.4. The topological polar surface area (TPSA) is 80.9 Å². The molecule has 100 valence electrons. The standard InChI is InChI=1S/C10H8ClFN4OS2/c11-6-3-5(12)1-2-7(6)14-8(17)4-18-10-16-15-9(13)19-10/h1-3H,4H2,(H2,13,15)(H,14,17). The Labute approximate surface area is 121 Å². The lowest BCUT2D eigenvalue weighted by atomic mass is 10.3. The molecule has 3 N–H and O–H groups in total. The molecule has 0 saturated carbocycles. The molecule has 1 aromatic heterocycles. The van der Waals surface area contributed by atoms with E-state index in [-0.39, 0.29) is 16.7 Å². The van der Waals surface area contributed by atoms with Crippen molar-refractivity contribution in [3.05, 3.63) is 29.0 Å². The molecular formula is C10H8ClFN4OS2. The Kier molecular flexibility index (Phi) is 4.56. The van der Waals surface area contributed by atoms with Gasteiger partial charge in [-0.25, -0.2) is 4.39 Å². The number of nitrogens with zero attached hydrogens (tertiary/aromatic N) is 2. The molecule has 0 unspecified atom stereocenters. The van der Waals surface area contributed by atoms with E-state index in [2.05, 4.69) is 15.5 Å². The smallest absolute Gasteiger partial charge is 0.234 e. The molecule has 0 fully saturated rings. The number of carbonyl (C=O) groups is 1. The number of nitrogen functional groups attached to an aromatic ring is 1. The summed E-state index contributed by atoms with van der Waals surface area (Å²) in [5, 5.41) is 10.5. The summed E-state index contributed by atoms with van der Waals surface area (Å²) < 4.78 is 13.4. The van der Waals surface area contributed by atoms with Gasteiger partial charge in [0.25, 0.3) is 0 Å². The predicted molar refractivity (Wildman–Crippen MR) is 75.1 cm³/mol. The van der Waals surface area contributed by atoms with Crippen molar-refractivity contribution in [1.82, 2.24) is 10.2 Å². The molecule has 0 saturated heterocycles. The minimum absolute atomic E-state index is 0.141. The zero-order chi connectivity index (χ0) is 13.8. The summed E-state index contributed by atoms with van der Waals surface area (Å²) in [6, 6.07) is 3.76. The summed E-state index contributed by atoms with van der Waals surface area (Å²) in [6.45, 7) is 0. The Balaban J connectivity index is 1.90. The van der Waals surface area contributed by atoms with Crippen LogP contribution in [0, 0.1) is 5.82 Å². The van der Waals surface area contributed by atoms with Gasteiger partial charge in [-0.05, 0) is 18.2 Å². The molecule has 0 atom stereocenters. The van der Waals surface area contributed by atoms with E-state index in [9.17, 15) is 9.18 Å². The lowest BCUT2D eigenvalue weighted by molar-refractivity contribution is -0.113. The average Bonchev–Trinajstić information content (AvgIpc) is 2.76. The molecule has 0 spiro atoms. The summed E-state index contributed by atoms with van der Waals surface area (Å²) >= 11 is 8.21. The Morgan fingerprint density at radius 2 is 2.32 bits per heavy atom. The maximum atomic E-state index is 12.8.